The summed E-state index contributed by atoms with van der Waals surface area (Å²) in [6.45, 7) is 0.111. The van der Waals surface area contributed by atoms with Gasteiger partial charge in [0.25, 0.3) is 5.88 Å². The van der Waals surface area contributed by atoms with Crippen LogP contribution in [0.25, 0.3) is 11.4 Å². The van der Waals surface area contributed by atoms with Crippen LogP contribution < -0.4 is 10.5 Å². The molecule has 29 heavy (non-hydrogen) atoms. The minimum Gasteiger partial charge on any atom is -0.481 e. The molecule has 1 atom stereocenters. The van der Waals surface area contributed by atoms with Gasteiger partial charge >= 0.3 is 5.97 Å². The number of tetrazole rings is 1. The average molecular weight is 508 g/mol. The second kappa shape index (κ2) is 9.92. The third-order valence-electron chi connectivity index (χ3n) is 3.46. The molecule has 0 radical (unpaired) electrons. The largest absolute Gasteiger partial charge is 0.481 e. The Balaban J connectivity index is 0.00000300. The van der Waals surface area contributed by atoms with Gasteiger partial charge in [0, 0.05) is 22.3 Å². The van der Waals surface area contributed by atoms with Gasteiger partial charge in [-0.1, -0.05) is 11.6 Å². The van der Waals surface area contributed by atoms with Crippen molar-refractivity contribution in [3.8, 4) is 23.0 Å². The van der Waals surface area contributed by atoms with Gasteiger partial charge in [-0.2, -0.15) is 4.80 Å². The third kappa shape index (κ3) is 6.07. The molecular weight excluding hydrogens is 494 g/mol. The monoisotopic (exact) mass is 506 g/mol. The molecule has 1 unspecified atom stereocenters. The predicted molar refractivity (Wildman–Crippen MR) is 108 cm³/mol. The first-order valence-electron chi connectivity index (χ1n) is 7.86. The van der Waals surface area contributed by atoms with Crippen LogP contribution in [0.5, 0.6) is 11.6 Å². The quantitative estimate of drug-likeness (QED) is 0.498. The lowest BCUT2D eigenvalue weighted by molar-refractivity contribution is -0.137. The van der Waals surface area contributed by atoms with Crippen molar-refractivity contribution >= 4 is 45.9 Å². The Labute approximate surface area is 183 Å². The summed E-state index contributed by atoms with van der Waals surface area (Å²) in [5, 5.41) is 20.9. The summed E-state index contributed by atoms with van der Waals surface area (Å²) in [5.41, 5.74) is 6.33. The maximum absolute atomic E-state index is 13.8. The number of hydrogen-bond acceptors (Lipinski definition) is 7. The summed E-state index contributed by atoms with van der Waals surface area (Å²) in [7, 11) is 0. The number of aromatic nitrogens is 5. The van der Waals surface area contributed by atoms with E-state index in [1.54, 1.807) is 18.2 Å². The zero-order chi connectivity index (χ0) is 20.3. The zero-order valence-corrected chi connectivity index (χ0v) is 17.7. The Kier molecular flexibility index (Phi) is 7.85. The Morgan fingerprint density at radius 1 is 1.41 bits per heavy atom. The van der Waals surface area contributed by atoms with Crippen LogP contribution in [0.4, 0.5) is 4.39 Å². The van der Waals surface area contributed by atoms with Crippen molar-refractivity contribution in [2.45, 2.75) is 19.0 Å². The summed E-state index contributed by atoms with van der Waals surface area (Å²) in [4.78, 5) is 15.7. The average Bonchev–Trinajstić information content (AvgIpc) is 3.04. The van der Waals surface area contributed by atoms with Gasteiger partial charge < -0.3 is 15.6 Å². The molecule has 3 N–H and O–H groups in total. The SMILES string of the molecule is Cl.NC(CC(=O)O)Cn1nnc(-c2ccc(Oc3ncc(Cl)cc3F)cc2Br)n1. The Hall–Kier alpha value is -2.34. The molecule has 0 saturated carbocycles. The van der Waals surface area contributed by atoms with E-state index in [-0.39, 0.29) is 36.3 Å². The van der Waals surface area contributed by atoms with Crippen molar-refractivity contribution < 1.29 is 19.0 Å². The number of halogens is 4. The normalized spacial score (nSPS) is 11.6. The number of aliphatic carboxylic acids is 1. The Morgan fingerprint density at radius 3 is 2.83 bits per heavy atom. The fourth-order valence-electron chi connectivity index (χ4n) is 2.26. The smallest absolute Gasteiger partial charge is 0.304 e. The first-order chi connectivity index (χ1) is 13.3. The van der Waals surface area contributed by atoms with Crippen molar-refractivity contribution in [1.82, 2.24) is 25.2 Å². The molecule has 0 spiro atoms. The molecule has 2 aromatic heterocycles. The highest BCUT2D eigenvalue weighted by Gasteiger charge is 2.15. The fourth-order valence-corrected chi connectivity index (χ4v) is 2.94. The number of carbonyl (C=O) groups is 1. The maximum Gasteiger partial charge on any atom is 0.304 e. The molecule has 0 bridgehead atoms. The number of nitrogens with two attached hydrogens (primary N) is 1. The fraction of sp³-hybridized carbons (Fsp3) is 0.188. The van der Waals surface area contributed by atoms with Gasteiger partial charge in [0.1, 0.15) is 5.75 Å². The Morgan fingerprint density at radius 2 is 2.17 bits per heavy atom. The van der Waals surface area contributed by atoms with Crippen LogP contribution in [-0.2, 0) is 11.3 Å². The molecule has 154 valence electrons. The molecule has 0 amide bonds. The standard InChI is InChI=1S/C16H13BrClFN6O3.ClH/c17-12-5-10(28-16-13(19)3-8(18)6-21-16)1-2-11(12)15-22-24-25(23-15)7-9(20)4-14(26)27;/h1-3,5-6,9H,4,7,20H2,(H,26,27);1H. The summed E-state index contributed by atoms with van der Waals surface area (Å²) in [6, 6.07) is 5.31. The highest BCUT2D eigenvalue weighted by Crippen LogP contribution is 2.32. The molecule has 0 aliphatic carbocycles. The van der Waals surface area contributed by atoms with Crippen molar-refractivity contribution in [1.29, 1.82) is 0 Å². The van der Waals surface area contributed by atoms with Crippen LogP contribution in [0.2, 0.25) is 5.02 Å². The van der Waals surface area contributed by atoms with Crippen molar-refractivity contribution in [3.05, 3.63) is 45.8 Å². The molecular formula is C16H14BrCl2FN6O3. The summed E-state index contributed by atoms with van der Waals surface area (Å²) < 4.78 is 19.8. The van der Waals surface area contributed by atoms with Gasteiger partial charge in [-0.15, -0.1) is 22.6 Å². The van der Waals surface area contributed by atoms with E-state index in [1.807, 2.05) is 0 Å². The minimum atomic E-state index is -1.00. The Bertz CT molecular complexity index is 1020. The second-order valence-corrected chi connectivity index (χ2v) is 7.00. The van der Waals surface area contributed by atoms with Crippen molar-refractivity contribution in [2.75, 3.05) is 0 Å². The number of carboxylic acid groups (broad SMARTS) is 1. The highest BCUT2D eigenvalue weighted by molar-refractivity contribution is 9.10. The van der Waals surface area contributed by atoms with Crippen LogP contribution in [0.1, 0.15) is 6.42 Å². The van der Waals surface area contributed by atoms with Gasteiger partial charge in [-0.3, -0.25) is 4.79 Å². The number of rotatable bonds is 7. The van der Waals surface area contributed by atoms with Gasteiger partial charge in [-0.05, 0) is 45.4 Å². The molecule has 0 fully saturated rings. The van der Waals surface area contributed by atoms with Gasteiger partial charge in [-0.25, -0.2) is 9.37 Å². The first-order valence-corrected chi connectivity index (χ1v) is 9.03. The van der Waals surface area contributed by atoms with Crippen molar-refractivity contribution in [3.63, 3.8) is 0 Å². The van der Waals surface area contributed by atoms with Crippen LogP contribution in [0.3, 0.4) is 0 Å². The number of ether oxygens (including phenoxy) is 1. The lowest BCUT2D eigenvalue weighted by Gasteiger charge is -2.08. The van der Waals surface area contributed by atoms with E-state index < -0.39 is 17.8 Å². The van der Waals surface area contributed by atoms with Crippen LogP contribution in [0, 0.1) is 5.82 Å². The van der Waals surface area contributed by atoms with E-state index in [2.05, 4.69) is 36.3 Å². The number of hydrogen-bond donors (Lipinski definition) is 2. The third-order valence-corrected chi connectivity index (χ3v) is 4.32. The van der Waals surface area contributed by atoms with Crippen molar-refractivity contribution in [2.24, 2.45) is 5.73 Å². The topological polar surface area (TPSA) is 129 Å². The lowest BCUT2D eigenvalue weighted by Crippen LogP contribution is -2.30. The molecule has 3 rings (SSSR count). The zero-order valence-electron chi connectivity index (χ0n) is 14.5. The second-order valence-electron chi connectivity index (χ2n) is 5.71. The molecule has 3 aromatic rings. The number of carboxylic acids is 1. The molecule has 0 aliphatic rings. The van der Waals surface area contributed by atoms with Crippen LogP contribution in [0.15, 0.2) is 34.9 Å². The van der Waals surface area contributed by atoms with Gasteiger partial charge in [0.15, 0.2) is 5.82 Å². The van der Waals surface area contributed by atoms with E-state index >= 15 is 0 Å². The molecule has 0 saturated heterocycles. The number of pyridine rings is 1. The van der Waals surface area contributed by atoms with Gasteiger partial charge in [0.05, 0.1) is 18.0 Å². The summed E-state index contributed by atoms with van der Waals surface area (Å²) in [6.07, 6.45) is 1.07. The van der Waals surface area contributed by atoms with Crippen LogP contribution >= 0.6 is 39.9 Å². The first kappa shape index (κ1) is 22.9. The maximum atomic E-state index is 13.8. The molecule has 9 nitrogen and oxygen atoms in total. The number of nitrogens with zero attached hydrogens (tertiary/aromatic N) is 5. The van der Waals surface area contributed by atoms with E-state index in [0.29, 0.717) is 21.6 Å². The van der Waals surface area contributed by atoms with Crippen LogP contribution in [-0.4, -0.2) is 42.3 Å². The van der Waals surface area contributed by atoms with E-state index in [4.69, 9.17) is 27.2 Å². The molecule has 13 heteroatoms. The lowest BCUT2D eigenvalue weighted by atomic mass is 10.2. The summed E-state index contributed by atoms with van der Waals surface area (Å²) in [5.74, 6) is -1.26. The molecule has 0 aliphatic heterocycles. The molecule has 1 aromatic carbocycles. The number of benzene rings is 1. The molecule has 2 heterocycles. The summed E-state index contributed by atoms with van der Waals surface area (Å²) >= 11 is 9.05. The van der Waals surface area contributed by atoms with Gasteiger partial charge in [0.2, 0.25) is 5.82 Å². The minimum absolute atomic E-state index is 0. The van der Waals surface area contributed by atoms with E-state index in [9.17, 15) is 9.18 Å². The van der Waals surface area contributed by atoms with E-state index in [1.165, 1.54) is 11.0 Å². The highest BCUT2D eigenvalue weighted by atomic mass is 79.9. The van der Waals surface area contributed by atoms with E-state index in [0.717, 1.165) is 6.07 Å². The predicted octanol–water partition coefficient (Wildman–Crippen LogP) is 3.31.